The zero-order chi connectivity index (χ0) is 12.1. The van der Waals surface area contributed by atoms with E-state index in [-0.39, 0.29) is 10.8 Å². The minimum Gasteiger partial charge on any atom is -0.379 e. The van der Waals surface area contributed by atoms with Crippen LogP contribution >= 0.6 is 11.6 Å². The Morgan fingerprint density at radius 3 is 2.94 bits per heavy atom. The van der Waals surface area contributed by atoms with Gasteiger partial charge in [0.1, 0.15) is 5.82 Å². The van der Waals surface area contributed by atoms with Crippen molar-refractivity contribution >= 4 is 17.3 Å². The fourth-order valence-electron chi connectivity index (χ4n) is 2.08. The first-order valence-corrected chi connectivity index (χ1v) is 6.52. The first-order valence-electron chi connectivity index (χ1n) is 6.14. The van der Waals surface area contributed by atoms with Gasteiger partial charge in [-0.1, -0.05) is 36.6 Å². The van der Waals surface area contributed by atoms with Gasteiger partial charge in [-0.2, -0.15) is 0 Å². The third-order valence-electron chi connectivity index (χ3n) is 3.03. The van der Waals surface area contributed by atoms with E-state index in [1.807, 2.05) is 0 Å². The Balaban J connectivity index is 2.03. The van der Waals surface area contributed by atoms with Crippen LogP contribution in [-0.4, -0.2) is 6.04 Å². The van der Waals surface area contributed by atoms with Gasteiger partial charge < -0.3 is 5.32 Å². The molecule has 0 radical (unpaired) electrons. The highest BCUT2D eigenvalue weighted by atomic mass is 35.5. The summed E-state index contributed by atoms with van der Waals surface area (Å²) in [5.41, 5.74) is 0.881. The van der Waals surface area contributed by atoms with E-state index in [0.29, 0.717) is 6.04 Å². The number of anilines is 1. The molecule has 92 valence electrons. The zero-order valence-corrected chi connectivity index (χ0v) is 10.5. The predicted octanol–water partition coefficient (Wildman–Crippen LogP) is 4.78. The maximum atomic E-state index is 13.0. The van der Waals surface area contributed by atoms with Crippen molar-refractivity contribution in [1.82, 2.24) is 0 Å². The van der Waals surface area contributed by atoms with Crippen LogP contribution in [0.25, 0.3) is 0 Å². The minimum atomic E-state index is -0.370. The van der Waals surface area contributed by atoms with Crippen LogP contribution in [0.2, 0.25) is 5.02 Å². The summed E-state index contributed by atoms with van der Waals surface area (Å²) in [4.78, 5) is 0. The van der Waals surface area contributed by atoms with Gasteiger partial charge in [0.25, 0.3) is 0 Å². The molecule has 1 aromatic carbocycles. The number of nitrogens with one attached hydrogen (secondary N) is 1. The molecule has 2 rings (SSSR count). The van der Waals surface area contributed by atoms with Crippen molar-refractivity contribution in [3.8, 4) is 0 Å². The second kappa shape index (κ2) is 6.06. The molecule has 1 aliphatic carbocycles. The third kappa shape index (κ3) is 3.74. The number of hydrogen-bond acceptors (Lipinski definition) is 1. The van der Waals surface area contributed by atoms with Gasteiger partial charge in [0.2, 0.25) is 0 Å². The summed E-state index contributed by atoms with van der Waals surface area (Å²) in [6.45, 7) is 0. The lowest BCUT2D eigenvalue weighted by Gasteiger charge is -2.18. The van der Waals surface area contributed by atoms with Gasteiger partial charge in [-0.15, -0.1) is 0 Å². The normalized spacial score (nSPS) is 22.6. The quantitative estimate of drug-likeness (QED) is 0.748. The molecule has 17 heavy (non-hydrogen) atoms. The molecular formula is C14H17ClFN. The molecule has 0 saturated heterocycles. The van der Waals surface area contributed by atoms with Gasteiger partial charge in [0, 0.05) is 11.7 Å². The van der Waals surface area contributed by atoms with Gasteiger partial charge in [0.15, 0.2) is 0 Å². The summed E-state index contributed by atoms with van der Waals surface area (Å²) in [5, 5.41) is 3.55. The highest BCUT2D eigenvalue weighted by Crippen LogP contribution is 2.22. The molecule has 1 atom stereocenters. The van der Waals surface area contributed by atoms with Crippen LogP contribution in [0, 0.1) is 5.82 Å². The Labute approximate surface area is 107 Å². The lowest BCUT2D eigenvalue weighted by Crippen LogP contribution is -2.17. The van der Waals surface area contributed by atoms with E-state index >= 15 is 0 Å². The highest BCUT2D eigenvalue weighted by molar-refractivity contribution is 6.31. The van der Waals surface area contributed by atoms with Gasteiger partial charge in [-0.3, -0.25) is 0 Å². The predicted molar refractivity (Wildman–Crippen MR) is 71.0 cm³/mol. The lowest BCUT2D eigenvalue weighted by molar-refractivity contribution is 0.609. The standard InChI is InChI=1S/C14H17ClFN/c15-13-10-12(8-9-14(13)16)17-11-6-4-2-1-3-5-7-11/h4,6,8-11,17H,1-3,5,7H2/b6-4+. The van der Waals surface area contributed by atoms with Crippen LogP contribution in [-0.2, 0) is 0 Å². The van der Waals surface area contributed by atoms with Crippen molar-refractivity contribution < 1.29 is 4.39 Å². The van der Waals surface area contributed by atoms with Crippen molar-refractivity contribution in [3.05, 3.63) is 41.2 Å². The maximum absolute atomic E-state index is 13.0. The molecule has 1 aliphatic rings. The monoisotopic (exact) mass is 253 g/mol. The molecule has 0 heterocycles. The molecule has 0 spiro atoms. The summed E-state index contributed by atoms with van der Waals surface area (Å²) in [6, 6.07) is 5.10. The SMILES string of the molecule is Fc1ccc(NC2/C=C/CCCCC2)cc1Cl. The van der Waals surface area contributed by atoms with E-state index in [1.54, 1.807) is 12.1 Å². The maximum Gasteiger partial charge on any atom is 0.141 e. The number of halogens is 2. The first kappa shape index (κ1) is 12.4. The smallest absolute Gasteiger partial charge is 0.141 e. The number of rotatable bonds is 2. The Hall–Kier alpha value is -1.02. The van der Waals surface area contributed by atoms with Gasteiger partial charge in [0.05, 0.1) is 5.02 Å². The van der Waals surface area contributed by atoms with E-state index in [4.69, 9.17) is 11.6 Å². The first-order chi connectivity index (χ1) is 8.25. The molecule has 0 saturated carbocycles. The van der Waals surface area contributed by atoms with Crippen LogP contribution in [0.15, 0.2) is 30.4 Å². The lowest BCUT2D eigenvalue weighted by atomic mass is 10.0. The molecule has 3 heteroatoms. The van der Waals surface area contributed by atoms with Crippen molar-refractivity contribution in [2.24, 2.45) is 0 Å². The van der Waals surface area contributed by atoms with Crippen molar-refractivity contribution in [1.29, 1.82) is 0 Å². The van der Waals surface area contributed by atoms with Crippen LogP contribution in [0.3, 0.4) is 0 Å². The van der Waals surface area contributed by atoms with E-state index in [1.165, 1.54) is 25.3 Å². The van der Waals surface area contributed by atoms with Crippen LogP contribution < -0.4 is 5.32 Å². The molecule has 1 N–H and O–H groups in total. The van der Waals surface area contributed by atoms with Crippen LogP contribution in [0.5, 0.6) is 0 Å². The van der Waals surface area contributed by atoms with Crippen LogP contribution in [0.4, 0.5) is 10.1 Å². The summed E-state index contributed by atoms with van der Waals surface area (Å²) >= 11 is 5.76. The van der Waals surface area contributed by atoms with E-state index < -0.39 is 0 Å². The van der Waals surface area contributed by atoms with Crippen molar-refractivity contribution in [3.63, 3.8) is 0 Å². The number of hydrogen-bond donors (Lipinski definition) is 1. The third-order valence-corrected chi connectivity index (χ3v) is 3.32. The Kier molecular flexibility index (Phi) is 4.43. The molecule has 1 nitrogen and oxygen atoms in total. The van der Waals surface area contributed by atoms with E-state index in [0.717, 1.165) is 18.5 Å². The Bertz CT molecular complexity index is 403. The Morgan fingerprint density at radius 1 is 1.24 bits per heavy atom. The van der Waals surface area contributed by atoms with Crippen LogP contribution in [0.1, 0.15) is 32.1 Å². The number of allylic oxidation sites excluding steroid dienone is 1. The van der Waals surface area contributed by atoms with E-state index in [2.05, 4.69) is 17.5 Å². The second-order valence-corrected chi connectivity index (χ2v) is 4.85. The molecule has 1 aromatic rings. The molecule has 0 amide bonds. The van der Waals surface area contributed by atoms with Gasteiger partial charge >= 0.3 is 0 Å². The molecule has 0 bridgehead atoms. The number of benzene rings is 1. The zero-order valence-electron chi connectivity index (χ0n) is 9.76. The fraction of sp³-hybridized carbons (Fsp3) is 0.429. The van der Waals surface area contributed by atoms with Gasteiger partial charge in [-0.05, 0) is 37.5 Å². The molecule has 0 aromatic heterocycles. The van der Waals surface area contributed by atoms with Crippen molar-refractivity contribution in [2.45, 2.75) is 38.1 Å². The average molecular weight is 254 g/mol. The second-order valence-electron chi connectivity index (χ2n) is 4.45. The highest BCUT2D eigenvalue weighted by Gasteiger charge is 2.08. The summed E-state index contributed by atoms with van der Waals surface area (Å²) in [7, 11) is 0. The summed E-state index contributed by atoms with van der Waals surface area (Å²) < 4.78 is 13.0. The molecule has 1 unspecified atom stereocenters. The topological polar surface area (TPSA) is 12.0 Å². The Morgan fingerprint density at radius 2 is 2.12 bits per heavy atom. The molecular weight excluding hydrogens is 237 g/mol. The summed E-state index contributed by atoms with van der Waals surface area (Å²) in [5.74, 6) is -0.370. The molecule has 0 fully saturated rings. The van der Waals surface area contributed by atoms with Crippen molar-refractivity contribution in [2.75, 3.05) is 5.32 Å². The fourth-order valence-corrected chi connectivity index (χ4v) is 2.26. The van der Waals surface area contributed by atoms with Gasteiger partial charge in [-0.25, -0.2) is 4.39 Å². The minimum absolute atomic E-state index is 0.171. The molecule has 0 aliphatic heterocycles. The largest absolute Gasteiger partial charge is 0.379 e. The van der Waals surface area contributed by atoms with E-state index in [9.17, 15) is 4.39 Å². The summed E-state index contributed by atoms with van der Waals surface area (Å²) in [6.07, 6.45) is 10.5. The average Bonchev–Trinajstić information content (AvgIpc) is 2.27.